The second-order valence-electron chi connectivity index (χ2n) is 5.52. The van der Waals surface area contributed by atoms with Crippen molar-refractivity contribution in [2.24, 2.45) is 0 Å². The van der Waals surface area contributed by atoms with Crippen LogP contribution >= 0.6 is 19.8 Å². The molecule has 2 atom stereocenters. The smallest absolute Gasteiger partial charge is 0.247 e. The van der Waals surface area contributed by atoms with E-state index < -0.39 is 13.5 Å². The van der Waals surface area contributed by atoms with Gasteiger partial charge in [0.25, 0.3) is 0 Å². The first kappa shape index (κ1) is 20.6. The summed E-state index contributed by atoms with van der Waals surface area (Å²) in [5, 5.41) is 12.9. The summed E-state index contributed by atoms with van der Waals surface area (Å²) in [5.41, 5.74) is 1.48. The summed E-state index contributed by atoms with van der Waals surface area (Å²) in [7, 11) is -3.43. The van der Waals surface area contributed by atoms with Crippen LogP contribution in [0.25, 0.3) is 0 Å². The van der Waals surface area contributed by atoms with E-state index in [4.69, 9.17) is 0 Å². The average Bonchev–Trinajstić information content (AvgIpc) is 2.49. The zero-order valence-electron chi connectivity index (χ0n) is 13.1. The van der Waals surface area contributed by atoms with Gasteiger partial charge in [0.2, 0.25) is 12.9 Å². The van der Waals surface area contributed by atoms with Gasteiger partial charge in [0.15, 0.2) is 0 Å². The third-order valence-corrected chi connectivity index (χ3v) is 5.18. The van der Waals surface area contributed by atoms with Crippen LogP contribution < -0.4 is 10.9 Å². The highest BCUT2D eigenvalue weighted by atomic mass is 35.5. The maximum Gasteiger partial charge on any atom is 0.247 e. The standard InChI is InChI=1S/C16H21N2O4P.ClH/c19-15(10-17-8-14-6-7-16(20)18-9-14)12-23(21,22)11-13-4-2-1-3-5-13;/h1-7,9,15,17,19H,8,10-12H2,(H,18,20)(H,21,22);1H/t15-;/m0./s1. The zero-order valence-corrected chi connectivity index (χ0v) is 14.8. The van der Waals surface area contributed by atoms with Crippen LogP contribution in [-0.4, -0.2) is 33.8 Å². The lowest BCUT2D eigenvalue weighted by Gasteiger charge is -2.17. The number of rotatable bonds is 8. The number of hydrogen-bond acceptors (Lipinski definition) is 4. The molecule has 2 rings (SSSR count). The minimum atomic E-state index is -3.43. The van der Waals surface area contributed by atoms with Crippen LogP contribution in [0.4, 0.5) is 0 Å². The molecule has 6 nitrogen and oxygen atoms in total. The van der Waals surface area contributed by atoms with Gasteiger partial charge in [-0.1, -0.05) is 36.4 Å². The highest BCUT2D eigenvalue weighted by Gasteiger charge is 2.23. The number of pyridine rings is 1. The fraction of sp³-hybridized carbons (Fsp3) is 0.312. The van der Waals surface area contributed by atoms with Gasteiger partial charge in [-0.05, 0) is 11.1 Å². The number of aromatic nitrogens is 1. The molecule has 2 aromatic rings. The van der Waals surface area contributed by atoms with Crippen LogP contribution in [0.2, 0.25) is 0 Å². The first-order valence-corrected chi connectivity index (χ1v) is 9.39. The van der Waals surface area contributed by atoms with Crippen molar-refractivity contribution in [3.8, 4) is 0 Å². The predicted octanol–water partition coefficient (Wildman–Crippen LogP) is 1.72. The molecule has 0 fully saturated rings. The minimum Gasteiger partial charge on any atom is -0.391 e. The van der Waals surface area contributed by atoms with Crippen molar-refractivity contribution in [3.63, 3.8) is 0 Å². The molecule has 0 aliphatic heterocycles. The van der Waals surface area contributed by atoms with Crippen molar-refractivity contribution in [3.05, 3.63) is 70.1 Å². The van der Waals surface area contributed by atoms with Crippen molar-refractivity contribution < 1.29 is 14.6 Å². The lowest BCUT2D eigenvalue weighted by Crippen LogP contribution is -2.29. The van der Waals surface area contributed by atoms with Gasteiger partial charge in [-0.25, -0.2) is 0 Å². The summed E-state index contributed by atoms with van der Waals surface area (Å²) in [6.45, 7) is 0.667. The molecule has 1 aromatic heterocycles. The second-order valence-corrected chi connectivity index (χ2v) is 7.89. The Hall–Kier alpha value is -1.43. The Kier molecular flexibility index (Phi) is 8.39. The van der Waals surface area contributed by atoms with E-state index in [0.717, 1.165) is 11.1 Å². The molecule has 1 aromatic carbocycles. The molecule has 0 aliphatic carbocycles. The Morgan fingerprint density at radius 1 is 1.12 bits per heavy atom. The summed E-state index contributed by atoms with van der Waals surface area (Å²) in [5.74, 6) is 0. The number of aromatic amines is 1. The van der Waals surface area contributed by atoms with Crippen LogP contribution in [0.5, 0.6) is 0 Å². The number of halogens is 1. The Labute approximate surface area is 146 Å². The quantitative estimate of drug-likeness (QED) is 0.528. The normalized spacial score (nSPS) is 14.4. The van der Waals surface area contributed by atoms with E-state index in [2.05, 4.69) is 10.3 Å². The molecular weight excluding hydrogens is 351 g/mol. The lowest BCUT2D eigenvalue weighted by atomic mass is 10.2. The van der Waals surface area contributed by atoms with Crippen molar-refractivity contribution in [2.75, 3.05) is 12.7 Å². The van der Waals surface area contributed by atoms with Gasteiger partial charge >= 0.3 is 0 Å². The van der Waals surface area contributed by atoms with Crippen molar-refractivity contribution in [1.82, 2.24) is 10.3 Å². The number of benzene rings is 1. The van der Waals surface area contributed by atoms with E-state index >= 15 is 0 Å². The van der Waals surface area contributed by atoms with Crippen LogP contribution in [0.15, 0.2) is 53.5 Å². The molecule has 0 saturated heterocycles. The Morgan fingerprint density at radius 3 is 2.46 bits per heavy atom. The fourth-order valence-electron chi connectivity index (χ4n) is 2.26. The molecular formula is C16H22ClN2O4P. The van der Waals surface area contributed by atoms with Crippen LogP contribution in [-0.2, 0) is 17.3 Å². The van der Waals surface area contributed by atoms with Crippen molar-refractivity contribution >= 4 is 19.8 Å². The molecule has 0 radical (unpaired) electrons. The van der Waals surface area contributed by atoms with Crippen molar-refractivity contribution in [1.29, 1.82) is 0 Å². The second kappa shape index (κ2) is 9.77. The first-order valence-electron chi connectivity index (χ1n) is 7.36. The van der Waals surface area contributed by atoms with Crippen molar-refractivity contribution in [2.45, 2.75) is 18.8 Å². The number of aliphatic hydroxyl groups is 1. The molecule has 0 bridgehead atoms. The third-order valence-electron chi connectivity index (χ3n) is 3.33. The summed E-state index contributed by atoms with van der Waals surface area (Å²) in [6.07, 6.45) is 0.594. The van der Waals surface area contributed by atoms with E-state index in [9.17, 15) is 19.4 Å². The third kappa shape index (κ3) is 7.43. The topological polar surface area (TPSA) is 102 Å². The van der Waals surface area contributed by atoms with Gasteiger partial charge < -0.3 is 20.3 Å². The average molecular weight is 373 g/mol. The fourth-order valence-corrected chi connectivity index (χ4v) is 3.96. The first-order chi connectivity index (χ1) is 10.9. The van der Waals surface area contributed by atoms with E-state index in [-0.39, 0.29) is 36.8 Å². The molecule has 0 aliphatic rings. The summed E-state index contributed by atoms with van der Waals surface area (Å²) >= 11 is 0. The highest BCUT2D eigenvalue weighted by molar-refractivity contribution is 7.57. The molecule has 0 spiro atoms. The molecule has 0 amide bonds. The van der Waals surface area contributed by atoms with Gasteiger partial charge in [-0.2, -0.15) is 0 Å². The number of aliphatic hydroxyl groups excluding tert-OH is 1. The van der Waals surface area contributed by atoms with E-state index in [0.29, 0.717) is 6.54 Å². The van der Waals surface area contributed by atoms with Gasteiger partial charge in [-0.15, -0.1) is 12.4 Å². The summed E-state index contributed by atoms with van der Waals surface area (Å²) < 4.78 is 12.2. The Balaban J connectivity index is 0.00000288. The van der Waals surface area contributed by atoms with E-state index in [1.54, 1.807) is 24.4 Å². The van der Waals surface area contributed by atoms with Crippen LogP contribution in [0, 0.1) is 0 Å². The van der Waals surface area contributed by atoms with E-state index in [1.165, 1.54) is 6.07 Å². The van der Waals surface area contributed by atoms with Gasteiger partial charge in [0, 0.05) is 31.5 Å². The largest absolute Gasteiger partial charge is 0.391 e. The molecule has 4 N–H and O–H groups in total. The lowest BCUT2D eigenvalue weighted by molar-refractivity contribution is 0.190. The molecule has 0 saturated carbocycles. The van der Waals surface area contributed by atoms with Crippen LogP contribution in [0.3, 0.4) is 0 Å². The maximum absolute atomic E-state index is 12.2. The number of H-pyrrole nitrogens is 1. The predicted molar refractivity (Wildman–Crippen MR) is 96.9 cm³/mol. The van der Waals surface area contributed by atoms with Crippen LogP contribution in [0.1, 0.15) is 11.1 Å². The molecule has 1 unspecified atom stereocenters. The SMILES string of the molecule is Cl.O=c1ccc(CNC[C@H](O)CP(=O)(O)Cc2ccccc2)c[nH]1. The minimum absolute atomic E-state index is 0. The summed E-state index contributed by atoms with van der Waals surface area (Å²) in [4.78, 5) is 23.5. The zero-order chi connectivity index (χ0) is 16.7. The maximum atomic E-state index is 12.2. The Bertz CT molecular complexity index is 703. The Morgan fingerprint density at radius 2 is 1.83 bits per heavy atom. The molecule has 24 heavy (non-hydrogen) atoms. The van der Waals surface area contributed by atoms with E-state index in [1.807, 2.05) is 18.2 Å². The number of nitrogens with one attached hydrogen (secondary N) is 2. The van der Waals surface area contributed by atoms with Gasteiger partial charge in [0.05, 0.1) is 12.3 Å². The van der Waals surface area contributed by atoms with Gasteiger partial charge in [-0.3, -0.25) is 9.36 Å². The van der Waals surface area contributed by atoms with Gasteiger partial charge in [0.1, 0.15) is 0 Å². The molecule has 1 heterocycles. The number of hydrogen-bond donors (Lipinski definition) is 4. The summed E-state index contributed by atoms with van der Waals surface area (Å²) in [6, 6.07) is 12.2. The monoisotopic (exact) mass is 372 g/mol. The molecule has 132 valence electrons. The highest BCUT2D eigenvalue weighted by Crippen LogP contribution is 2.44. The molecule has 8 heteroatoms.